The molecule has 0 aromatic rings. The fourth-order valence-electron chi connectivity index (χ4n) is 0.628. The average molecular weight is 148 g/mol. The molecule has 0 aromatic carbocycles. The standard InChI is InChI=1S/C4H8N2O2S/c7-9(8)4-3-5-1-2-6-4/h5H,1-3H2,(H,7,8). The van der Waals surface area contributed by atoms with E-state index in [1.807, 2.05) is 0 Å². The molecule has 0 saturated heterocycles. The monoisotopic (exact) mass is 148 g/mol. The summed E-state index contributed by atoms with van der Waals surface area (Å²) in [6.07, 6.45) is 0. The summed E-state index contributed by atoms with van der Waals surface area (Å²) in [5.74, 6) is 0. The fraction of sp³-hybridized carbons (Fsp3) is 0.750. The minimum atomic E-state index is -1.86. The van der Waals surface area contributed by atoms with Gasteiger partial charge in [-0.25, -0.2) is 4.21 Å². The Hall–Kier alpha value is -0.260. The maximum atomic E-state index is 10.3. The van der Waals surface area contributed by atoms with E-state index in [0.29, 0.717) is 18.1 Å². The van der Waals surface area contributed by atoms with Crippen molar-refractivity contribution in [3.63, 3.8) is 0 Å². The number of aliphatic imine (C=N–C) groups is 1. The van der Waals surface area contributed by atoms with Gasteiger partial charge < -0.3 is 9.87 Å². The van der Waals surface area contributed by atoms with E-state index >= 15 is 0 Å². The minimum Gasteiger partial charge on any atom is -0.309 e. The number of rotatable bonds is 0. The summed E-state index contributed by atoms with van der Waals surface area (Å²) in [6, 6.07) is 0. The Labute approximate surface area is 55.7 Å². The average Bonchev–Trinajstić information content (AvgIpc) is 1.90. The van der Waals surface area contributed by atoms with Gasteiger partial charge in [0.2, 0.25) is 11.1 Å². The molecule has 0 fully saturated rings. The topological polar surface area (TPSA) is 61.7 Å². The minimum absolute atomic E-state index is 0.348. The van der Waals surface area contributed by atoms with Crippen LogP contribution in [0.4, 0.5) is 0 Å². The number of nitrogens with one attached hydrogen (secondary N) is 1. The summed E-state index contributed by atoms with van der Waals surface area (Å²) in [6.45, 7) is 1.87. The van der Waals surface area contributed by atoms with Crippen molar-refractivity contribution in [2.45, 2.75) is 0 Å². The molecule has 4 nitrogen and oxygen atoms in total. The normalized spacial score (nSPS) is 23.0. The van der Waals surface area contributed by atoms with E-state index in [4.69, 9.17) is 4.55 Å². The van der Waals surface area contributed by atoms with E-state index in [9.17, 15) is 4.21 Å². The fourth-order valence-corrected chi connectivity index (χ4v) is 1.06. The second-order valence-corrected chi connectivity index (χ2v) is 2.67. The van der Waals surface area contributed by atoms with Gasteiger partial charge in [0.05, 0.1) is 6.54 Å². The third-order valence-electron chi connectivity index (χ3n) is 1.05. The van der Waals surface area contributed by atoms with E-state index in [0.717, 1.165) is 6.54 Å². The Morgan fingerprint density at radius 3 is 2.89 bits per heavy atom. The molecular formula is C4H8N2O2S. The summed E-state index contributed by atoms with van der Waals surface area (Å²) in [7, 11) is 0. The van der Waals surface area contributed by atoms with Gasteiger partial charge in [0.1, 0.15) is 5.04 Å². The molecule has 0 radical (unpaired) electrons. The van der Waals surface area contributed by atoms with Gasteiger partial charge in [-0.05, 0) is 0 Å². The summed E-state index contributed by atoms with van der Waals surface area (Å²) >= 11 is -1.86. The molecular weight excluding hydrogens is 140 g/mol. The Bertz CT molecular complexity index is 157. The molecule has 5 heteroatoms. The zero-order chi connectivity index (χ0) is 6.69. The number of hydrogen-bond acceptors (Lipinski definition) is 3. The van der Waals surface area contributed by atoms with Crippen molar-refractivity contribution in [1.29, 1.82) is 0 Å². The lowest BCUT2D eigenvalue weighted by atomic mass is 10.5. The van der Waals surface area contributed by atoms with Crippen LogP contribution in [0, 0.1) is 0 Å². The zero-order valence-electron chi connectivity index (χ0n) is 4.83. The Morgan fingerprint density at radius 2 is 2.56 bits per heavy atom. The van der Waals surface area contributed by atoms with Crippen LogP contribution in [0.2, 0.25) is 0 Å². The summed E-state index contributed by atoms with van der Waals surface area (Å²) in [5, 5.41) is 3.28. The first-order chi connectivity index (χ1) is 4.30. The lowest BCUT2D eigenvalue weighted by Crippen LogP contribution is -2.32. The molecule has 1 heterocycles. The van der Waals surface area contributed by atoms with Crippen molar-refractivity contribution in [1.82, 2.24) is 5.32 Å². The third kappa shape index (κ3) is 1.85. The van der Waals surface area contributed by atoms with Crippen molar-refractivity contribution in [3.8, 4) is 0 Å². The first kappa shape index (κ1) is 6.85. The molecule has 1 aliphatic rings. The SMILES string of the molecule is O=S(O)C1=NCCNC1. The Balaban J connectivity index is 2.57. The maximum absolute atomic E-state index is 10.3. The van der Waals surface area contributed by atoms with E-state index in [1.165, 1.54) is 0 Å². The van der Waals surface area contributed by atoms with Crippen molar-refractivity contribution >= 4 is 16.1 Å². The molecule has 1 unspecified atom stereocenters. The molecule has 0 spiro atoms. The van der Waals surface area contributed by atoms with Crippen molar-refractivity contribution in [3.05, 3.63) is 0 Å². The second kappa shape index (κ2) is 3.05. The van der Waals surface area contributed by atoms with Crippen LogP contribution in [0.5, 0.6) is 0 Å². The first-order valence-corrected chi connectivity index (χ1v) is 3.76. The van der Waals surface area contributed by atoms with Gasteiger partial charge in [0.25, 0.3) is 0 Å². The molecule has 0 bridgehead atoms. The van der Waals surface area contributed by atoms with E-state index in [2.05, 4.69) is 10.3 Å². The van der Waals surface area contributed by atoms with Crippen LogP contribution in [0.15, 0.2) is 4.99 Å². The van der Waals surface area contributed by atoms with Gasteiger partial charge in [0, 0.05) is 13.1 Å². The maximum Gasteiger partial charge on any atom is 0.202 e. The molecule has 9 heavy (non-hydrogen) atoms. The van der Waals surface area contributed by atoms with E-state index in [-0.39, 0.29) is 0 Å². The Kier molecular flexibility index (Phi) is 2.32. The number of hydrogen-bond donors (Lipinski definition) is 2. The van der Waals surface area contributed by atoms with Gasteiger partial charge in [-0.1, -0.05) is 0 Å². The van der Waals surface area contributed by atoms with Crippen LogP contribution in [-0.4, -0.2) is 33.4 Å². The van der Waals surface area contributed by atoms with Gasteiger partial charge in [-0.15, -0.1) is 0 Å². The smallest absolute Gasteiger partial charge is 0.202 e. The number of nitrogens with zero attached hydrogens (tertiary/aromatic N) is 1. The van der Waals surface area contributed by atoms with Crippen LogP contribution < -0.4 is 5.32 Å². The molecule has 1 aliphatic heterocycles. The zero-order valence-corrected chi connectivity index (χ0v) is 5.65. The molecule has 0 amide bonds. The summed E-state index contributed by atoms with van der Waals surface area (Å²) in [4.78, 5) is 3.83. The highest BCUT2D eigenvalue weighted by Crippen LogP contribution is 1.87. The molecule has 0 aliphatic carbocycles. The van der Waals surface area contributed by atoms with Crippen molar-refractivity contribution < 1.29 is 8.76 Å². The van der Waals surface area contributed by atoms with Gasteiger partial charge in [-0.2, -0.15) is 0 Å². The summed E-state index contributed by atoms with van der Waals surface area (Å²) < 4.78 is 18.8. The summed E-state index contributed by atoms with van der Waals surface area (Å²) in [5.41, 5.74) is 0. The lowest BCUT2D eigenvalue weighted by Gasteiger charge is -2.08. The second-order valence-electron chi connectivity index (χ2n) is 1.70. The van der Waals surface area contributed by atoms with Crippen molar-refractivity contribution in [2.24, 2.45) is 4.99 Å². The predicted octanol–water partition coefficient (Wildman–Crippen LogP) is -0.790. The molecule has 52 valence electrons. The van der Waals surface area contributed by atoms with Crippen molar-refractivity contribution in [2.75, 3.05) is 19.6 Å². The quantitative estimate of drug-likeness (QED) is 0.442. The van der Waals surface area contributed by atoms with Crippen LogP contribution >= 0.6 is 0 Å². The highest BCUT2D eigenvalue weighted by atomic mass is 32.2. The van der Waals surface area contributed by atoms with Gasteiger partial charge in [0.15, 0.2) is 0 Å². The van der Waals surface area contributed by atoms with Crippen LogP contribution in [0.25, 0.3) is 0 Å². The van der Waals surface area contributed by atoms with Gasteiger partial charge in [-0.3, -0.25) is 4.99 Å². The van der Waals surface area contributed by atoms with E-state index in [1.54, 1.807) is 0 Å². The molecule has 2 N–H and O–H groups in total. The molecule has 0 aromatic heterocycles. The molecule has 0 saturated carbocycles. The van der Waals surface area contributed by atoms with E-state index < -0.39 is 11.1 Å². The lowest BCUT2D eigenvalue weighted by molar-refractivity contribution is 0.574. The van der Waals surface area contributed by atoms with Crippen LogP contribution in [0.1, 0.15) is 0 Å². The van der Waals surface area contributed by atoms with Crippen LogP contribution in [-0.2, 0) is 11.1 Å². The molecule has 1 atom stereocenters. The predicted molar refractivity (Wildman–Crippen MR) is 35.9 cm³/mol. The highest BCUT2D eigenvalue weighted by Gasteiger charge is 2.08. The highest BCUT2D eigenvalue weighted by molar-refractivity contribution is 7.95. The van der Waals surface area contributed by atoms with Crippen LogP contribution in [0.3, 0.4) is 0 Å². The Morgan fingerprint density at radius 1 is 1.78 bits per heavy atom. The first-order valence-electron chi connectivity index (χ1n) is 2.65. The largest absolute Gasteiger partial charge is 0.309 e. The third-order valence-corrected chi connectivity index (χ3v) is 1.73. The molecule has 1 rings (SSSR count). The van der Waals surface area contributed by atoms with Gasteiger partial charge >= 0.3 is 0 Å².